The maximum Gasteiger partial charge on any atom is 0.249 e. The highest BCUT2D eigenvalue weighted by atomic mass is 32.2. The van der Waals surface area contributed by atoms with Gasteiger partial charge in [-0.25, -0.2) is 8.42 Å². The van der Waals surface area contributed by atoms with Crippen molar-refractivity contribution >= 4 is 33.0 Å². The van der Waals surface area contributed by atoms with Crippen LogP contribution < -0.4 is 15.5 Å². The maximum absolute atomic E-state index is 11.6. The molecule has 2 heterocycles. The zero-order valence-corrected chi connectivity index (χ0v) is 15.8. The summed E-state index contributed by atoms with van der Waals surface area (Å²) in [7, 11) is -2.94. The summed E-state index contributed by atoms with van der Waals surface area (Å²) in [6, 6.07) is 7.92. The molecule has 0 amide bonds. The van der Waals surface area contributed by atoms with Crippen LogP contribution in [0.15, 0.2) is 30.5 Å². The number of anilines is 4. The average Bonchev–Trinajstić information content (AvgIpc) is 2.96. The van der Waals surface area contributed by atoms with E-state index in [1.165, 1.54) is 6.20 Å². The minimum absolute atomic E-state index is 0.127. The van der Waals surface area contributed by atoms with Gasteiger partial charge in [-0.1, -0.05) is 0 Å². The van der Waals surface area contributed by atoms with E-state index in [9.17, 15) is 8.42 Å². The summed E-state index contributed by atoms with van der Waals surface area (Å²) in [4.78, 5) is 6.63. The van der Waals surface area contributed by atoms with Crippen molar-refractivity contribution in [2.75, 3.05) is 40.1 Å². The number of rotatable bonds is 7. The third kappa shape index (κ3) is 4.60. The second-order valence-corrected chi connectivity index (χ2v) is 8.48. The standard InChI is InChI=1S/C17H24N6O2S/c1-3-23(4-2)15-7-5-13(6-8-15)20-17-21-16(11-18-22-17)19-14-9-10-26(24,25)12-14/h5-8,11,14H,3-4,9-10,12H2,1-2H3,(H2,19,20,21,22). The average molecular weight is 376 g/mol. The van der Waals surface area contributed by atoms with E-state index >= 15 is 0 Å². The van der Waals surface area contributed by atoms with E-state index in [-0.39, 0.29) is 17.5 Å². The number of benzene rings is 1. The summed E-state index contributed by atoms with van der Waals surface area (Å²) in [5.41, 5.74) is 2.03. The third-order valence-electron chi connectivity index (χ3n) is 4.40. The van der Waals surface area contributed by atoms with Gasteiger partial charge in [0.1, 0.15) is 0 Å². The van der Waals surface area contributed by atoms with Gasteiger partial charge in [-0.2, -0.15) is 10.1 Å². The predicted molar refractivity (Wildman–Crippen MR) is 104 cm³/mol. The fourth-order valence-corrected chi connectivity index (χ4v) is 4.69. The van der Waals surface area contributed by atoms with Crippen LogP contribution in [-0.2, 0) is 9.84 Å². The highest BCUT2D eigenvalue weighted by Crippen LogP contribution is 2.20. The van der Waals surface area contributed by atoms with Gasteiger partial charge in [-0.15, -0.1) is 5.10 Å². The summed E-state index contributed by atoms with van der Waals surface area (Å²) in [5.74, 6) is 1.23. The van der Waals surface area contributed by atoms with Gasteiger partial charge in [-0.05, 0) is 44.5 Å². The van der Waals surface area contributed by atoms with Gasteiger partial charge in [0, 0.05) is 30.5 Å². The molecule has 3 rings (SSSR count). The predicted octanol–water partition coefficient (Wildman–Crippen LogP) is 2.06. The zero-order valence-electron chi connectivity index (χ0n) is 15.0. The van der Waals surface area contributed by atoms with Crippen molar-refractivity contribution in [3.8, 4) is 0 Å². The van der Waals surface area contributed by atoms with Crippen LogP contribution >= 0.6 is 0 Å². The number of hydrogen-bond acceptors (Lipinski definition) is 8. The molecule has 1 aliphatic rings. The van der Waals surface area contributed by atoms with E-state index in [1.807, 2.05) is 24.3 Å². The first-order chi connectivity index (χ1) is 12.5. The van der Waals surface area contributed by atoms with Gasteiger partial charge in [0.15, 0.2) is 15.7 Å². The Morgan fingerprint density at radius 3 is 2.54 bits per heavy atom. The van der Waals surface area contributed by atoms with E-state index in [1.54, 1.807) is 0 Å². The minimum atomic E-state index is -2.94. The van der Waals surface area contributed by atoms with Crippen molar-refractivity contribution in [2.24, 2.45) is 0 Å². The largest absolute Gasteiger partial charge is 0.372 e. The monoisotopic (exact) mass is 376 g/mol. The topological polar surface area (TPSA) is 100 Å². The zero-order chi connectivity index (χ0) is 18.6. The van der Waals surface area contributed by atoms with E-state index in [0.717, 1.165) is 24.5 Å². The molecule has 1 fully saturated rings. The van der Waals surface area contributed by atoms with Crippen molar-refractivity contribution in [3.05, 3.63) is 30.5 Å². The molecule has 1 atom stereocenters. The molecular weight excluding hydrogens is 352 g/mol. The van der Waals surface area contributed by atoms with Crippen LogP contribution in [-0.4, -0.2) is 54.2 Å². The highest BCUT2D eigenvalue weighted by Gasteiger charge is 2.28. The molecule has 0 spiro atoms. The molecule has 26 heavy (non-hydrogen) atoms. The van der Waals surface area contributed by atoms with E-state index < -0.39 is 9.84 Å². The minimum Gasteiger partial charge on any atom is -0.372 e. The molecule has 8 nitrogen and oxygen atoms in total. The highest BCUT2D eigenvalue weighted by molar-refractivity contribution is 7.91. The lowest BCUT2D eigenvalue weighted by molar-refractivity contribution is 0.602. The maximum atomic E-state index is 11.6. The molecule has 1 unspecified atom stereocenters. The Labute approximate surface area is 154 Å². The first-order valence-corrected chi connectivity index (χ1v) is 10.6. The van der Waals surface area contributed by atoms with Crippen molar-refractivity contribution in [1.82, 2.24) is 15.2 Å². The summed E-state index contributed by atoms with van der Waals surface area (Å²) < 4.78 is 23.1. The number of nitrogens with one attached hydrogen (secondary N) is 2. The summed E-state index contributed by atoms with van der Waals surface area (Å²) in [6.07, 6.45) is 2.08. The normalized spacial score (nSPS) is 18.5. The van der Waals surface area contributed by atoms with Gasteiger partial charge < -0.3 is 15.5 Å². The van der Waals surface area contributed by atoms with E-state index in [2.05, 4.69) is 44.6 Å². The Balaban J connectivity index is 1.65. The molecule has 9 heteroatoms. The van der Waals surface area contributed by atoms with Crippen molar-refractivity contribution in [3.63, 3.8) is 0 Å². The SMILES string of the molecule is CCN(CC)c1ccc(Nc2nncc(NC3CCS(=O)(=O)C3)n2)cc1. The van der Waals surface area contributed by atoms with Crippen LogP contribution in [0.5, 0.6) is 0 Å². The summed E-state index contributed by atoms with van der Waals surface area (Å²) >= 11 is 0. The van der Waals surface area contributed by atoms with Gasteiger partial charge >= 0.3 is 0 Å². The molecule has 0 radical (unpaired) electrons. The molecular formula is C17H24N6O2S. The van der Waals surface area contributed by atoms with Crippen LogP contribution in [0.1, 0.15) is 20.3 Å². The fourth-order valence-electron chi connectivity index (χ4n) is 3.02. The summed E-state index contributed by atoms with van der Waals surface area (Å²) in [6.45, 7) is 6.17. The van der Waals surface area contributed by atoms with E-state index in [4.69, 9.17) is 0 Å². The van der Waals surface area contributed by atoms with Gasteiger partial charge in [0.2, 0.25) is 5.95 Å². The molecule has 1 saturated heterocycles. The van der Waals surface area contributed by atoms with E-state index in [0.29, 0.717) is 18.2 Å². The van der Waals surface area contributed by atoms with Crippen molar-refractivity contribution < 1.29 is 8.42 Å². The Bertz CT molecular complexity index is 837. The lowest BCUT2D eigenvalue weighted by Crippen LogP contribution is -2.21. The number of aromatic nitrogens is 3. The van der Waals surface area contributed by atoms with Crippen molar-refractivity contribution in [1.29, 1.82) is 0 Å². The second-order valence-electron chi connectivity index (χ2n) is 6.25. The van der Waals surface area contributed by atoms with Crippen LogP contribution in [0.4, 0.5) is 23.1 Å². The second kappa shape index (κ2) is 7.86. The van der Waals surface area contributed by atoms with Crippen molar-refractivity contribution in [2.45, 2.75) is 26.3 Å². The number of sulfone groups is 1. The first-order valence-electron chi connectivity index (χ1n) is 8.78. The van der Waals surface area contributed by atoms with Gasteiger partial charge in [-0.3, -0.25) is 0 Å². The summed E-state index contributed by atoms with van der Waals surface area (Å²) in [5, 5.41) is 14.2. The fraction of sp³-hybridized carbons (Fsp3) is 0.471. The Kier molecular flexibility index (Phi) is 5.55. The molecule has 1 aromatic carbocycles. The molecule has 1 aliphatic heterocycles. The molecule has 2 N–H and O–H groups in total. The van der Waals surface area contributed by atoms with Gasteiger partial charge in [0.25, 0.3) is 0 Å². The Morgan fingerprint density at radius 1 is 1.19 bits per heavy atom. The lowest BCUT2D eigenvalue weighted by atomic mass is 10.2. The molecule has 140 valence electrons. The van der Waals surface area contributed by atoms with Crippen LogP contribution in [0.2, 0.25) is 0 Å². The first kappa shape index (κ1) is 18.4. The molecule has 0 saturated carbocycles. The molecule has 0 bridgehead atoms. The number of hydrogen-bond donors (Lipinski definition) is 2. The Morgan fingerprint density at radius 2 is 1.92 bits per heavy atom. The quantitative estimate of drug-likeness (QED) is 0.757. The molecule has 1 aromatic heterocycles. The Hall–Kier alpha value is -2.42. The lowest BCUT2D eigenvalue weighted by Gasteiger charge is -2.21. The third-order valence-corrected chi connectivity index (χ3v) is 6.16. The van der Waals surface area contributed by atoms with Gasteiger partial charge in [0.05, 0.1) is 17.7 Å². The van der Waals surface area contributed by atoms with Crippen LogP contribution in [0, 0.1) is 0 Å². The van der Waals surface area contributed by atoms with Crippen LogP contribution in [0.3, 0.4) is 0 Å². The molecule has 2 aromatic rings. The smallest absolute Gasteiger partial charge is 0.249 e. The molecule has 0 aliphatic carbocycles. The van der Waals surface area contributed by atoms with Crippen LogP contribution in [0.25, 0.3) is 0 Å². The number of nitrogens with zero attached hydrogens (tertiary/aromatic N) is 4.